The van der Waals surface area contributed by atoms with Crippen LogP contribution in [0, 0.1) is 0 Å². The number of rotatable bonds is 8. The number of amides is 2. The molecule has 1 saturated heterocycles. The Morgan fingerprint density at radius 2 is 1.71 bits per heavy atom. The average Bonchev–Trinajstić information content (AvgIpc) is 3.09. The van der Waals surface area contributed by atoms with Crippen molar-refractivity contribution in [2.75, 3.05) is 17.3 Å². The first-order chi connectivity index (χ1) is 16.9. The summed E-state index contributed by atoms with van der Waals surface area (Å²) in [5, 5.41) is 3.12. The summed E-state index contributed by atoms with van der Waals surface area (Å²) in [6.07, 6.45) is -0.0765. The molecule has 1 aliphatic rings. The molecule has 35 heavy (non-hydrogen) atoms. The van der Waals surface area contributed by atoms with Gasteiger partial charge in [0, 0.05) is 17.8 Å². The molecular formula is C27H25N3O4S. The lowest BCUT2D eigenvalue weighted by molar-refractivity contribution is -0.124. The Morgan fingerprint density at radius 3 is 2.37 bits per heavy atom. The van der Waals surface area contributed by atoms with E-state index in [0.29, 0.717) is 23.5 Å². The fourth-order valence-electron chi connectivity index (χ4n) is 3.95. The lowest BCUT2D eigenvalue weighted by atomic mass is 10.1. The zero-order valence-electron chi connectivity index (χ0n) is 19.4. The van der Waals surface area contributed by atoms with Crippen LogP contribution in [0.3, 0.4) is 0 Å². The van der Waals surface area contributed by atoms with Crippen LogP contribution in [-0.4, -0.2) is 40.8 Å². The molecule has 0 aromatic heterocycles. The van der Waals surface area contributed by atoms with Gasteiger partial charge in [-0.2, -0.15) is 0 Å². The number of carbonyl (C=O) groups excluding carboxylic acids is 3. The summed E-state index contributed by atoms with van der Waals surface area (Å²) in [5.41, 5.74) is 2.54. The van der Waals surface area contributed by atoms with Crippen molar-refractivity contribution in [1.29, 1.82) is 0 Å². The van der Waals surface area contributed by atoms with Crippen LogP contribution in [0.1, 0.15) is 29.3 Å². The van der Waals surface area contributed by atoms with Crippen LogP contribution >= 0.6 is 12.2 Å². The zero-order chi connectivity index (χ0) is 24.9. The molecule has 178 valence electrons. The molecule has 7 nitrogen and oxygen atoms in total. The SMILES string of the molecule is COc1ccc(CN2C(=S)N(c3cccc(C(C)=O)c3)C(=O)[C@H]2CC(=O)Nc2ccccc2)cc1. The first kappa shape index (κ1) is 24.1. The van der Waals surface area contributed by atoms with Crippen molar-refractivity contribution in [1.82, 2.24) is 4.90 Å². The van der Waals surface area contributed by atoms with E-state index < -0.39 is 6.04 Å². The maximum Gasteiger partial charge on any atom is 0.256 e. The number of anilines is 2. The summed E-state index contributed by atoms with van der Waals surface area (Å²) in [6.45, 7) is 1.80. The van der Waals surface area contributed by atoms with E-state index in [4.69, 9.17) is 17.0 Å². The van der Waals surface area contributed by atoms with Crippen LogP contribution in [0.15, 0.2) is 78.9 Å². The molecule has 8 heteroatoms. The Hall–Kier alpha value is -4.04. The van der Waals surface area contributed by atoms with Crippen LogP contribution in [0.2, 0.25) is 0 Å². The van der Waals surface area contributed by atoms with Crippen molar-refractivity contribution < 1.29 is 19.1 Å². The molecule has 0 aliphatic carbocycles. The second kappa shape index (κ2) is 10.5. The van der Waals surface area contributed by atoms with Gasteiger partial charge in [-0.25, -0.2) is 0 Å². The Morgan fingerprint density at radius 1 is 1.00 bits per heavy atom. The van der Waals surface area contributed by atoms with Crippen molar-refractivity contribution in [2.45, 2.75) is 25.9 Å². The van der Waals surface area contributed by atoms with E-state index in [1.807, 2.05) is 42.5 Å². The molecule has 3 aromatic carbocycles. The average molecular weight is 488 g/mol. The number of ketones is 1. The summed E-state index contributed by atoms with van der Waals surface area (Å²) in [6, 6.07) is 22.5. The molecule has 1 atom stereocenters. The smallest absolute Gasteiger partial charge is 0.256 e. The van der Waals surface area contributed by atoms with Gasteiger partial charge >= 0.3 is 0 Å². The summed E-state index contributed by atoms with van der Waals surface area (Å²) in [5.74, 6) is -0.00239. The first-order valence-electron chi connectivity index (χ1n) is 11.1. The molecule has 1 N–H and O–H groups in total. The van der Waals surface area contributed by atoms with E-state index in [0.717, 1.165) is 11.3 Å². The summed E-state index contributed by atoms with van der Waals surface area (Å²) >= 11 is 5.73. The molecule has 1 aliphatic heterocycles. The van der Waals surface area contributed by atoms with Crippen molar-refractivity contribution in [3.8, 4) is 5.75 Å². The molecule has 1 heterocycles. The maximum absolute atomic E-state index is 13.6. The van der Waals surface area contributed by atoms with Gasteiger partial charge in [0.25, 0.3) is 5.91 Å². The van der Waals surface area contributed by atoms with Gasteiger partial charge in [-0.1, -0.05) is 42.5 Å². The predicted molar refractivity (Wildman–Crippen MR) is 139 cm³/mol. The third-order valence-corrected chi connectivity index (χ3v) is 6.19. The second-order valence-electron chi connectivity index (χ2n) is 8.17. The topological polar surface area (TPSA) is 79.0 Å². The summed E-state index contributed by atoms with van der Waals surface area (Å²) in [7, 11) is 1.59. The number of Topliss-reactive ketones (excluding diaryl/α,β-unsaturated/α-hetero) is 1. The van der Waals surface area contributed by atoms with E-state index in [9.17, 15) is 14.4 Å². The van der Waals surface area contributed by atoms with Gasteiger partial charge in [-0.05, 0) is 61.1 Å². The molecule has 3 aromatic rings. The Balaban J connectivity index is 1.63. The number of hydrogen-bond donors (Lipinski definition) is 1. The number of benzene rings is 3. The van der Waals surface area contributed by atoms with E-state index in [-0.39, 0.29) is 29.1 Å². The highest BCUT2D eigenvalue weighted by atomic mass is 32.1. The Kier molecular flexibility index (Phi) is 7.22. The van der Waals surface area contributed by atoms with Crippen LogP contribution in [0.4, 0.5) is 11.4 Å². The monoisotopic (exact) mass is 487 g/mol. The van der Waals surface area contributed by atoms with E-state index >= 15 is 0 Å². The van der Waals surface area contributed by atoms with Crippen LogP contribution in [-0.2, 0) is 16.1 Å². The molecule has 1 fully saturated rings. The van der Waals surface area contributed by atoms with Crippen molar-refractivity contribution >= 4 is 46.3 Å². The third-order valence-electron chi connectivity index (χ3n) is 5.78. The number of nitrogens with one attached hydrogen (secondary N) is 1. The fraction of sp³-hybridized carbons (Fsp3) is 0.185. The quantitative estimate of drug-likeness (QED) is 0.374. The van der Waals surface area contributed by atoms with Crippen molar-refractivity contribution in [2.24, 2.45) is 0 Å². The van der Waals surface area contributed by atoms with Crippen molar-refractivity contribution in [3.05, 3.63) is 90.0 Å². The van der Waals surface area contributed by atoms with Crippen molar-refractivity contribution in [3.63, 3.8) is 0 Å². The normalized spacial score (nSPS) is 15.3. The van der Waals surface area contributed by atoms with Crippen LogP contribution < -0.4 is 15.0 Å². The van der Waals surface area contributed by atoms with Crippen LogP contribution in [0.25, 0.3) is 0 Å². The van der Waals surface area contributed by atoms with Gasteiger partial charge in [0.2, 0.25) is 5.91 Å². The fourth-order valence-corrected chi connectivity index (χ4v) is 4.34. The van der Waals surface area contributed by atoms with Gasteiger partial charge in [-0.15, -0.1) is 0 Å². The number of methoxy groups -OCH3 is 1. The van der Waals surface area contributed by atoms with Gasteiger partial charge in [0.15, 0.2) is 10.9 Å². The molecule has 2 amide bonds. The number of thiocarbonyl (C=S) groups is 1. The number of carbonyl (C=O) groups is 3. The minimum atomic E-state index is -0.797. The number of nitrogens with zero attached hydrogens (tertiary/aromatic N) is 2. The second-order valence-corrected chi connectivity index (χ2v) is 8.54. The van der Waals surface area contributed by atoms with E-state index in [1.54, 1.807) is 48.4 Å². The maximum atomic E-state index is 13.6. The lowest BCUT2D eigenvalue weighted by Gasteiger charge is -2.24. The molecular weight excluding hydrogens is 462 g/mol. The molecule has 4 rings (SSSR count). The molecule has 0 bridgehead atoms. The number of hydrogen-bond acceptors (Lipinski definition) is 5. The van der Waals surface area contributed by atoms with Gasteiger partial charge in [-0.3, -0.25) is 19.3 Å². The Bertz CT molecular complexity index is 1260. The number of ether oxygens (including phenoxy) is 1. The zero-order valence-corrected chi connectivity index (χ0v) is 20.2. The van der Waals surface area contributed by atoms with E-state index in [1.165, 1.54) is 11.8 Å². The third kappa shape index (κ3) is 5.38. The molecule has 0 radical (unpaired) electrons. The Labute approximate surface area is 209 Å². The standard InChI is InChI=1S/C27H25N3O4S/c1-18(31)20-7-6-10-22(15-20)30-26(33)24(16-25(32)28-21-8-4-3-5-9-21)29(27(30)35)17-19-11-13-23(34-2)14-12-19/h3-15,24H,16-17H2,1-2H3,(H,28,32)/t24-/m1/s1. The predicted octanol–water partition coefficient (Wildman–Crippen LogP) is 4.43. The minimum absolute atomic E-state index is 0.0765. The van der Waals surface area contributed by atoms with Crippen LogP contribution in [0.5, 0.6) is 5.75 Å². The highest BCUT2D eigenvalue weighted by Crippen LogP contribution is 2.30. The van der Waals surface area contributed by atoms with Gasteiger partial charge < -0.3 is 15.0 Å². The summed E-state index contributed by atoms with van der Waals surface area (Å²) in [4.78, 5) is 41.5. The molecule has 0 spiro atoms. The number of para-hydroxylation sites is 1. The summed E-state index contributed by atoms with van der Waals surface area (Å²) < 4.78 is 5.23. The van der Waals surface area contributed by atoms with Gasteiger partial charge in [0.05, 0.1) is 19.2 Å². The largest absolute Gasteiger partial charge is 0.497 e. The highest BCUT2D eigenvalue weighted by molar-refractivity contribution is 7.80. The highest BCUT2D eigenvalue weighted by Gasteiger charge is 2.44. The minimum Gasteiger partial charge on any atom is -0.497 e. The van der Waals surface area contributed by atoms with E-state index in [2.05, 4.69) is 5.32 Å². The first-order valence-corrected chi connectivity index (χ1v) is 11.5. The molecule has 0 saturated carbocycles. The lowest BCUT2D eigenvalue weighted by Crippen LogP contribution is -2.37. The molecule has 0 unspecified atom stereocenters. The van der Waals surface area contributed by atoms with Gasteiger partial charge in [0.1, 0.15) is 11.8 Å².